The van der Waals surface area contributed by atoms with Gasteiger partial charge in [-0.15, -0.1) is 0 Å². The van der Waals surface area contributed by atoms with Crippen LogP contribution in [0.1, 0.15) is 15.9 Å². The van der Waals surface area contributed by atoms with E-state index in [1.54, 1.807) is 0 Å². The number of alkyl halides is 3. The minimum atomic E-state index is -4.56. The highest BCUT2D eigenvalue weighted by molar-refractivity contribution is 5.90. The highest BCUT2D eigenvalue weighted by atomic mass is 19.4. The minimum absolute atomic E-state index is 0.0362. The van der Waals surface area contributed by atoms with Crippen LogP contribution in [0.5, 0.6) is 0 Å². The van der Waals surface area contributed by atoms with Crippen LogP contribution in [0.2, 0.25) is 0 Å². The first kappa shape index (κ1) is 14.3. The van der Waals surface area contributed by atoms with Crippen LogP contribution in [0.15, 0.2) is 18.2 Å². The Morgan fingerprint density at radius 1 is 1.28 bits per heavy atom. The molecule has 0 aliphatic carbocycles. The Morgan fingerprint density at radius 3 is 2.50 bits per heavy atom. The average molecular weight is 263 g/mol. The van der Waals surface area contributed by atoms with Gasteiger partial charge in [0.1, 0.15) is 6.61 Å². The molecule has 18 heavy (non-hydrogen) atoms. The number of hydrogen-bond donors (Lipinski definition) is 1. The predicted molar refractivity (Wildman–Crippen MR) is 58.0 cm³/mol. The SMILES string of the molecule is COCCOC(=O)c1cc(N)cc(C(F)(F)F)c1. The smallest absolute Gasteiger partial charge is 0.416 e. The Labute approximate surface area is 101 Å². The van der Waals surface area contributed by atoms with Crippen LogP contribution in [-0.4, -0.2) is 26.3 Å². The number of methoxy groups -OCH3 is 1. The van der Waals surface area contributed by atoms with E-state index < -0.39 is 17.7 Å². The Bertz CT molecular complexity index is 432. The van der Waals surface area contributed by atoms with Crippen molar-refractivity contribution in [2.45, 2.75) is 6.18 Å². The number of ether oxygens (including phenoxy) is 2. The number of benzene rings is 1. The van der Waals surface area contributed by atoms with E-state index in [2.05, 4.69) is 4.74 Å². The zero-order valence-electron chi connectivity index (χ0n) is 9.58. The molecule has 0 spiro atoms. The Kier molecular flexibility index (Phi) is 4.55. The molecule has 0 aliphatic heterocycles. The fourth-order valence-electron chi connectivity index (χ4n) is 1.23. The molecule has 1 aromatic rings. The second kappa shape index (κ2) is 5.72. The standard InChI is InChI=1S/C11H12F3NO3/c1-17-2-3-18-10(16)7-4-8(11(12,13)14)6-9(15)5-7/h4-6H,2-3,15H2,1H3. The van der Waals surface area contributed by atoms with Crippen LogP contribution < -0.4 is 5.73 Å². The van der Waals surface area contributed by atoms with Gasteiger partial charge in [-0.3, -0.25) is 0 Å². The van der Waals surface area contributed by atoms with Gasteiger partial charge in [-0.25, -0.2) is 4.79 Å². The van der Waals surface area contributed by atoms with Crippen molar-refractivity contribution in [3.05, 3.63) is 29.3 Å². The number of nitrogens with two attached hydrogens (primary N) is 1. The van der Waals surface area contributed by atoms with E-state index in [1.165, 1.54) is 7.11 Å². The topological polar surface area (TPSA) is 61.5 Å². The summed E-state index contributed by atoms with van der Waals surface area (Å²) in [6.45, 7) is 0.131. The molecular formula is C11H12F3NO3. The van der Waals surface area contributed by atoms with Crippen molar-refractivity contribution in [1.82, 2.24) is 0 Å². The van der Waals surface area contributed by atoms with Gasteiger partial charge in [-0.1, -0.05) is 0 Å². The number of anilines is 1. The lowest BCUT2D eigenvalue weighted by molar-refractivity contribution is -0.137. The number of rotatable bonds is 4. The maximum Gasteiger partial charge on any atom is 0.416 e. The third-order valence-corrected chi connectivity index (χ3v) is 2.04. The maximum atomic E-state index is 12.5. The van der Waals surface area contributed by atoms with Gasteiger partial charge < -0.3 is 15.2 Å². The van der Waals surface area contributed by atoms with E-state index in [0.717, 1.165) is 12.1 Å². The molecule has 1 aromatic carbocycles. The second-order valence-electron chi connectivity index (χ2n) is 3.47. The first-order chi connectivity index (χ1) is 8.34. The normalized spacial score (nSPS) is 11.3. The van der Waals surface area contributed by atoms with E-state index in [9.17, 15) is 18.0 Å². The molecule has 0 aliphatic rings. The summed E-state index contributed by atoms with van der Waals surface area (Å²) < 4.78 is 46.8. The summed E-state index contributed by atoms with van der Waals surface area (Å²) in [7, 11) is 1.41. The van der Waals surface area contributed by atoms with Crippen LogP contribution in [0, 0.1) is 0 Å². The molecule has 0 radical (unpaired) electrons. The van der Waals surface area contributed by atoms with Gasteiger partial charge in [-0.05, 0) is 18.2 Å². The second-order valence-corrected chi connectivity index (χ2v) is 3.47. The molecule has 0 aromatic heterocycles. The lowest BCUT2D eigenvalue weighted by Gasteiger charge is -2.10. The van der Waals surface area contributed by atoms with Gasteiger partial charge in [0.15, 0.2) is 0 Å². The van der Waals surface area contributed by atoms with Crippen molar-refractivity contribution in [2.75, 3.05) is 26.1 Å². The van der Waals surface area contributed by atoms with Crippen LogP contribution in [-0.2, 0) is 15.7 Å². The van der Waals surface area contributed by atoms with Crippen molar-refractivity contribution < 1.29 is 27.4 Å². The maximum absolute atomic E-state index is 12.5. The lowest BCUT2D eigenvalue weighted by Crippen LogP contribution is -2.13. The molecule has 0 saturated heterocycles. The molecule has 0 heterocycles. The number of halogens is 3. The van der Waals surface area contributed by atoms with Gasteiger partial charge in [0.2, 0.25) is 0 Å². The van der Waals surface area contributed by atoms with Crippen LogP contribution in [0.3, 0.4) is 0 Å². The van der Waals surface area contributed by atoms with Crippen LogP contribution >= 0.6 is 0 Å². The summed E-state index contributed by atoms with van der Waals surface area (Å²) in [5.41, 5.74) is 3.94. The zero-order chi connectivity index (χ0) is 13.8. The summed E-state index contributed by atoms with van der Waals surface area (Å²) in [6, 6.07) is 2.59. The third-order valence-electron chi connectivity index (χ3n) is 2.04. The first-order valence-electron chi connectivity index (χ1n) is 4.98. The molecule has 0 amide bonds. The van der Waals surface area contributed by atoms with E-state index in [0.29, 0.717) is 6.07 Å². The Morgan fingerprint density at radius 2 is 1.94 bits per heavy atom. The Hall–Kier alpha value is -1.76. The molecule has 0 atom stereocenters. The van der Waals surface area contributed by atoms with E-state index in [4.69, 9.17) is 10.5 Å². The summed E-state index contributed by atoms with van der Waals surface area (Å²) in [5.74, 6) is -0.871. The predicted octanol–water partition coefficient (Wildman–Crippen LogP) is 2.09. The van der Waals surface area contributed by atoms with Gasteiger partial charge in [-0.2, -0.15) is 13.2 Å². The summed E-state index contributed by atoms with van der Waals surface area (Å²) in [6.07, 6.45) is -4.56. The highest BCUT2D eigenvalue weighted by Crippen LogP contribution is 2.31. The van der Waals surface area contributed by atoms with Gasteiger partial charge in [0.25, 0.3) is 0 Å². The Balaban J connectivity index is 2.89. The molecule has 100 valence electrons. The molecule has 7 heteroatoms. The molecule has 0 bridgehead atoms. The van der Waals surface area contributed by atoms with E-state index >= 15 is 0 Å². The molecule has 4 nitrogen and oxygen atoms in total. The highest BCUT2D eigenvalue weighted by Gasteiger charge is 2.31. The molecule has 0 saturated carbocycles. The van der Waals surface area contributed by atoms with Gasteiger partial charge in [0, 0.05) is 12.8 Å². The zero-order valence-corrected chi connectivity index (χ0v) is 9.58. The molecule has 2 N–H and O–H groups in total. The van der Waals surface area contributed by atoms with E-state index in [1.807, 2.05) is 0 Å². The number of nitrogen functional groups attached to an aromatic ring is 1. The quantitative estimate of drug-likeness (QED) is 0.513. The molecule has 0 unspecified atom stereocenters. The summed E-state index contributed by atoms with van der Waals surface area (Å²) in [4.78, 5) is 11.5. The number of esters is 1. The molecular weight excluding hydrogens is 251 g/mol. The van der Waals surface area contributed by atoms with Gasteiger partial charge >= 0.3 is 12.1 Å². The van der Waals surface area contributed by atoms with Crippen LogP contribution in [0.4, 0.5) is 18.9 Å². The van der Waals surface area contributed by atoms with Crippen molar-refractivity contribution >= 4 is 11.7 Å². The van der Waals surface area contributed by atoms with Gasteiger partial charge in [0.05, 0.1) is 17.7 Å². The van der Waals surface area contributed by atoms with Crippen molar-refractivity contribution in [2.24, 2.45) is 0 Å². The largest absolute Gasteiger partial charge is 0.460 e. The fraction of sp³-hybridized carbons (Fsp3) is 0.364. The number of carbonyl (C=O) groups excluding carboxylic acids is 1. The third kappa shape index (κ3) is 3.92. The van der Waals surface area contributed by atoms with Crippen molar-refractivity contribution in [1.29, 1.82) is 0 Å². The number of carbonyl (C=O) groups is 1. The average Bonchev–Trinajstić information content (AvgIpc) is 2.27. The molecule has 0 fully saturated rings. The first-order valence-corrected chi connectivity index (χ1v) is 4.98. The fourth-order valence-corrected chi connectivity index (χ4v) is 1.23. The molecule has 1 rings (SSSR count). The number of hydrogen-bond acceptors (Lipinski definition) is 4. The van der Waals surface area contributed by atoms with E-state index in [-0.39, 0.29) is 24.5 Å². The van der Waals surface area contributed by atoms with Crippen molar-refractivity contribution in [3.63, 3.8) is 0 Å². The summed E-state index contributed by atoms with van der Waals surface area (Å²) >= 11 is 0. The van der Waals surface area contributed by atoms with Crippen LogP contribution in [0.25, 0.3) is 0 Å². The monoisotopic (exact) mass is 263 g/mol. The minimum Gasteiger partial charge on any atom is -0.460 e. The van der Waals surface area contributed by atoms with Crippen molar-refractivity contribution in [3.8, 4) is 0 Å². The summed E-state index contributed by atoms with van der Waals surface area (Å²) in [5, 5.41) is 0. The lowest BCUT2D eigenvalue weighted by atomic mass is 10.1.